The van der Waals surface area contributed by atoms with Crippen LogP contribution in [0.5, 0.6) is 0 Å². The molecular formula is C15H24ClN3OS. The van der Waals surface area contributed by atoms with E-state index in [1.165, 1.54) is 23.3 Å². The third-order valence-corrected chi connectivity index (χ3v) is 5.38. The summed E-state index contributed by atoms with van der Waals surface area (Å²) in [4.78, 5) is 16.9. The summed E-state index contributed by atoms with van der Waals surface area (Å²) in [6, 6.07) is 2.11. The second-order valence-corrected chi connectivity index (χ2v) is 6.75. The minimum Gasteiger partial charge on any atom is -0.350 e. The molecule has 1 saturated heterocycles. The van der Waals surface area contributed by atoms with Crippen LogP contribution in [0.3, 0.4) is 0 Å². The standard InChI is InChI=1S/C15H23N3OS.ClH/c19-15(17-7-10-18-8-5-16-6-9-18)14-11-12-3-1-2-4-13(12)20-14;/h11,16H,1-10H2,(H,17,19);1H. The minimum atomic E-state index is 0. The number of rotatable bonds is 4. The van der Waals surface area contributed by atoms with Gasteiger partial charge in [-0.25, -0.2) is 0 Å². The molecule has 0 aromatic carbocycles. The highest BCUT2D eigenvalue weighted by Gasteiger charge is 2.17. The van der Waals surface area contributed by atoms with E-state index >= 15 is 0 Å². The smallest absolute Gasteiger partial charge is 0.261 e. The van der Waals surface area contributed by atoms with Gasteiger partial charge in [0.2, 0.25) is 0 Å². The molecule has 1 amide bonds. The third kappa shape index (κ3) is 4.42. The van der Waals surface area contributed by atoms with Crippen LogP contribution in [0.15, 0.2) is 6.07 Å². The van der Waals surface area contributed by atoms with E-state index in [4.69, 9.17) is 0 Å². The summed E-state index contributed by atoms with van der Waals surface area (Å²) >= 11 is 1.69. The van der Waals surface area contributed by atoms with Gasteiger partial charge >= 0.3 is 0 Å². The van der Waals surface area contributed by atoms with Crippen LogP contribution in [-0.2, 0) is 12.8 Å². The summed E-state index contributed by atoms with van der Waals surface area (Å²) in [6.07, 6.45) is 4.86. The van der Waals surface area contributed by atoms with Crippen molar-refractivity contribution in [2.75, 3.05) is 39.3 Å². The average molecular weight is 330 g/mol. The maximum atomic E-state index is 12.2. The lowest BCUT2D eigenvalue weighted by Gasteiger charge is -2.26. The molecule has 118 valence electrons. The number of carbonyl (C=O) groups excluding carboxylic acids is 1. The zero-order valence-corrected chi connectivity index (χ0v) is 14.0. The third-order valence-electron chi connectivity index (χ3n) is 4.14. The summed E-state index contributed by atoms with van der Waals surface area (Å²) in [7, 11) is 0. The van der Waals surface area contributed by atoms with Gasteiger partial charge < -0.3 is 10.6 Å². The zero-order valence-electron chi connectivity index (χ0n) is 12.3. The monoisotopic (exact) mass is 329 g/mol. The average Bonchev–Trinajstić information content (AvgIpc) is 2.92. The van der Waals surface area contributed by atoms with Crippen molar-refractivity contribution in [2.24, 2.45) is 0 Å². The fraction of sp³-hybridized carbons (Fsp3) is 0.667. The van der Waals surface area contributed by atoms with E-state index in [-0.39, 0.29) is 18.3 Å². The van der Waals surface area contributed by atoms with Crippen LogP contribution < -0.4 is 10.6 Å². The van der Waals surface area contributed by atoms with Crippen molar-refractivity contribution < 1.29 is 4.79 Å². The van der Waals surface area contributed by atoms with Gasteiger partial charge in [-0.1, -0.05) is 0 Å². The van der Waals surface area contributed by atoms with Crippen molar-refractivity contribution in [2.45, 2.75) is 25.7 Å². The van der Waals surface area contributed by atoms with Crippen LogP contribution in [0.25, 0.3) is 0 Å². The number of piperazine rings is 1. The van der Waals surface area contributed by atoms with Gasteiger partial charge in [-0.2, -0.15) is 0 Å². The lowest BCUT2D eigenvalue weighted by Crippen LogP contribution is -2.46. The Bertz CT molecular complexity index is 448. The number of amides is 1. The van der Waals surface area contributed by atoms with Gasteiger partial charge in [-0.3, -0.25) is 9.69 Å². The highest BCUT2D eigenvalue weighted by molar-refractivity contribution is 7.14. The molecule has 4 nitrogen and oxygen atoms in total. The minimum absolute atomic E-state index is 0. The normalized spacial score (nSPS) is 18.7. The Morgan fingerprint density at radius 3 is 2.81 bits per heavy atom. The molecule has 1 aromatic heterocycles. The summed E-state index contributed by atoms with van der Waals surface area (Å²) in [5.41, 5.74) is 1.41. The molecule has 0 spiro atoms. The fourth-order valence-corrected chi connectivity index (χ4v) is 4.12. The summed E-state index contributed by atoms with van der Waals surface area (Å²) in [6.45, 7) is 6.00. The molecule has 2 aliphatic rings. The van der Waals surface area contributed by atoms with E-state index in [1.807, 2.05) is 0 Å². The van der Waals surface area contributed by atoms with Crippen LogP contribution >= 0.6 is 23.7 Å². The Balaban J connectivity index is 0.00000161. The first kappa shape index (κ1) is 16.7. The number of carbonyl (C=O) groups is 1. The Morgan fingerprint density at radius 1 is 1.29 bits per heavy atom. The second kappa shape index (κ2) is 8.13. The molecule has 1 fully saturated rings. The summed E-state index contributed by atoms with van der Waals surface area (Å²) in [5.74, 6) is 0.111. The molecule has 0 radical (unpaired) electrons. The maximum Gasteiger partial charge on any atom is 0.261 e. The SMILES string of the molecule is Cl.O=C(NCCN1CCNCC1)c1cc2c(s1)CCCC2. The molecule has 0 atom stereocenters. The zero-order chi connectivity index (χ0) is 13.8. The molecule has 6 heteroatoms. The first-order valence-electron chi connectivity index (χ1n) is 7.66. The van der Waals surface area contributed by atoms with E-state index in [0.717, 1.165) is 57.0 Å². The quantitative estimate of drug-likeness (QED) is 0.883. The molecule has 2 N–H and O–H groups in total. The predicted molar refractivity (Wildman–Crippen MR) is 89.9 cm³/mol. The predicted octanol–water partition coefficient (Wildman–Crippen LogP) is 1.68. The van der Waals surface area contributed by atoms with Gasteiger partial charge in [-0.05, 0) is 37.3 Å². The molecule has 0 bridgehead atoms. The van der Waals surface area contributed by atoms with Gasteiger partial charge in [0.1, 0.15) is 0 Å². The second-order valence-electron chi connectivity index (χ2n) is 5.61. The number of hydrogen-bond acceptors (Lipinski definition) is 4. The van der Waals surface area contributed by atoms with Crippen LogP contribution in [0.4, 0.5) is 0 Å². The molecular weight excluding hydrogens is 306 g/mol. The van der Waals surface area contributed by atoms with Gasteiger partial charge in [0.25, 0.3) is 5.91 Å². The summed E-state index contributed by atoms with van der Waals surface area (Å²) < 4.78 is 0. The van der Waals surface area contributed by atoms with Gasteiger partial charge in [0.15, 0.2) is 0 Å². The first-order valence-corrected chi connectivity index (χ1v) is 8.47. The number of hydrogen-bond donors (Lipinski definition) is 2. The number of nitrogens with zero attached hydrogens (tertiary/aromatic N) is 1. The van der Waals surface area contributed by atoms with E-state index in [1.54, 1.807) is 11.3 Å². The molecule has 2 heterocycles. The van der Waals surface area contributed by atoms with Crippen LogP contribution in [0, 0.1) is 0 Å². The molecule has 21 heavy (non-hydrogen) atoms. The Morgan fingerprint density at radius 2 is 2.05 bits per heavy atom. The first-order chi connectivity index (χ1) is 9.83. The molecule has 1 aliphatic carbocycles. The van der Waals surface area contributed by atoms with E-state index in [0.29, 0.717) is 0 Å². The number of fused-ring (bicyclic) bond motifs is 1. The number of nitrogens with one attached hydrogen (secondary N) is 2. The maximum absolute atomic E-state index is 12.2. The van der Waals surface area contributed by atoms with Gasteiger partial charge in [0.05, 0.1) is 4.88 Å². The molecule has 0 saturated carbocycles. The number of thiophene rings is 1. The molecule has 1 aromatic rings. The van der Waals surface area contributed by atoms with Crippen molar-refractivity contribution in [3.05, 3.63) is 21.4 Å². The largest absolute Gasteiger partial charge is 0.350 e. The highest BCUT2D eigenvalue weighted by atomic mass is 35.5. The van der Waals surface area contributed by atoms with E-state index in [9.17, 15) is 4.79 Å². The van der Waals surface area contributed by atoms with E-state index < -0.39 is 0 Å². The molecule has 3 rings (SSSR count). The Hall–Kier alpha value is -0.620. The summed E-state index contributed by atoms with van der Waals surface area (Å²) in [5, 5.41) is 6.40. The Kier molecular flexibility index (Phi) is 6.48. The number of aryl methyl sites for hydroxylation is 2. The lowest BCUT2D eigenvalue weighted by atomic mass is 9.99. The van der Waals surface area contributed by atoms with Gasteiger partial charge in [-0.15, -0.1) is 23.7 Å². The van der Waals surface area contributed by atoms with Gasteiger partial charge in [0, 0.05) is 44.1 Å². The lowest BCUT2D eigenvalue weighted by molar-refractivity contribution is 0.0951. The van der Waals surface area contributed by atoms with Crippen LogP contribution in [0.1, 0.15) is 33.0 Å². The molecule has 0 unspecified atom stereocenters. The molecule has 1 aliphatic heterocycles. The number of halogens is 1. The van der Waals surface area contributed by atoms with E-state index in [2.05, 4.69) is 21.6 Å². The van der Waals surface area contributed by atoms with Crippen molar-refractivity contribution in [1.29, 1.82) is 0 Å². The van der Waals surface area contributed by atoms with Crippen LogP contribution in [0.2, 0.25) is 0 Å². The van der Waals surface area contributed by atoms with Crippen molar-refractivity contribution in [1.82, 2.24) is 15.5 Å². The van der Waals surface area contributed by atoms with Crippen molar-refractivity contribution in [3.8, 4) is 0 Å². The Labute approximate surface area is 136 Å². The highest BCUT2D eigenvalue weighted by Crippen LogP contribution is 2.29. The van der Waals surface area contributed by atoms with Crippen LogP contribution in [-0.4, -0.2) is 50.1 Å². The van der Waals surface area contributed by atoms with Crippen molar-refractivity contribution >= 4 is 29.7 Å². The topological polar surface area (TPSA) is 44.4 Å². The fourth-order valence-electron chi connectivity index (χ4n) is 2.95. The van der Waals surface area contributed by atoms with Crippen molar-refractivity contribution in [3.63, 3.8) is 0 Å².